The van der Waals surface area contributed by atoms with E-state index in [4.69, 9.17) is 0 Å². The number of nitrogens with one attached hydrogen (secondary N) is 1. The van der Waals surface area contributed by atoms with Crippen molar-refractivity contribution in [3.63, 3.8) is 0 Å². The van der Waals surface area contributed by atoms with Gasteiger partial charge in [0.2, 0.25) is 0 Å². The Morgan fingerprint density at radius 2 is 1.95 bits per heavy atom. The van der Waals surface area contributed by atoms with Gasteiger partial charge in [-0.15, -0.1) is 11.3 Å². The van der Waals surface area contributed by atoms with Crippen molar-refractivity contribution < 1.29 is 4.79 Å². The van der Waals surface area contributed by atoms with Crippen LogP contribution in [-0.4, -0.2) is 11.4 Å². The van der Waals surface area contributed by atoms with Crippen LogP contribution in [0.15, 0.2) is 9.85 Å². The molecular formula is C15H19BrN2OS. The van der Waals surface area contributed by atoms with Gasteiger partial charge in [-0.3, -0.25) is 4.79 Å². The smallest absolute Gasteiger partial charge is 0.262 e. The van der Waals surface area contributed by atoms with Crippen LogP contribution in [0, 0.1) is 18.3 Å². The summed E-state index contributed by atoms with van der Waals surface area (Å²) in [6.45, 7) is 1.97. The van der Waals surface area contributed by atoms with E-state index in [1.165, 1.54) is 17.8 Å². The van der Waals surface area contributed by atoms with E-state index in [2.05, 4.69) is 27.3 Å². The second kappa shape index (κ2) is 6.73. The van der Waals surface area contributed by atoms with Gasteiger partial charge in [-0.05, 0) is 47.3 Å². The topological polar surface area (TPSA) is 52.9 Å². The Kier molecular flexibility index (Phi) is 5.22. The molecule has 20 heavy (non-hydrogen) atoms. The zero-order chi connectivity index (χ0) is 14.6. The highest BCUT2D eigenvalue weighted by Crippen LogP contribution is 2.30. The summed E-state index contributed by atoms with van der Waals surface area (Å²) in [5, 5.41) is 12.5. The maximum atomic E-state index is 12.4. The number of nitriles is 1. The first-order valence-corrected chi connectivity index (χ1v) is 8.67. The van der Waals surface area contributed by atoms with Crippen LogP contribution >= 0.6 is 27.3 Å². The predicted molar refractivity (Wildman–Crippen MR) is 84.9 cm³/mol. The molecule has 0 spiro atoms. The lowest BCUT2D eigenvalue weighted by atomic mass is 9.85. The van der Waals surface area contributed by atoms with E-state index in [1.54, 1.807) is 0 Å². The van der Waals surface area contributed by atoms with Crippen LogP contribution in [0.4, 0.5) is 0 Å². The number of halogens is 1. The minimum absolute atomic E-state index is 0.120. The predicted octanol–water partition coefficient (Wildman–Crippen LogP) is 4.56. The van der Waals surface area contributed by atoms with Gasteiger partial charge >= 0.3 is 0 Å². The van der Waals surface area contributed by atoms with E-state index in [-0.39, 0.29) is 5.91 Å². The van der Waals surface area contributed by atoms with E-state index in [1.807, 2.05) is 13.0 Å². The van der Waals surface area contributed by atoms with Gasteiger partial charge in [-0.25, -0.2) is 0 Å². The molecule has 1 aliphatic rings. The van der Waals surface area contributed by atoms with Gasteiger partial charge in [0.1, 0.15) is 5.54 Å². The van der Waals surface area contributed by atoms with E-state index in [0.717, 1.165) is 47.9 Å². The highest BCUT2D eigenvalue weighted by atomic mass is 79.9. The molecule has 0 unspecified atom stereocenters. The maximum absolute atomic E-state index is 12.4. The third-order valence-corrected chi connectivity index (χ3v) is 5.99. The largest absolute Gasteiger partial charge is 0.333 e. The molecule has 0 saturated heterocycles. The molecule has 0 aliphatic heterocycles. The van der Waals surface area contributed by atoms with Gasteiger partial charge < -0.3 is 5.32 Å². The Labute approximate surface area is 132 Å². The number of hydrogen-bond donors (Lipinski definition) is 1. The molecule has 0 aromatic carbocycles. The third-order valence-electron chi connectivity index (χ3n) is 3.85. The lowest BCUT2D eigenvalue weighted by Crippen LogP contribution is -2.47. The van der Waals surface area contributed by atoms with Crippen molar-refractivity contribution in [1.29, 1.82) is 5.26 Å². The maximum Gasteiger partial charge on any atom is 0.262 e. The zero-order valence-electron chi connectivity index (χ0n) is 11.7. The average Bonchev–Trinajstić information content (AvgIpc) is 2.73. The molecule has 0 bridgehead atoms. The highest BCUT2D eigenvalue weighted by molar-refractivity contribution is 9.11. The molecular weight excluding hydrogens is 336 g/mol. The SMILES string of the molecule is Cc1cc(C(=O)NC2(C#N)CCCCCCC2)sc1Br. The zero-order valence-corrected chi connectivity index (χ0v) is 14.1. The summed E-state index contributed by atoms with van der Waals surface area (Å²) >= 11 is 4.86. The number of nitrogens with zero attached hydrogens (tertiary/aromatic N) is 1. The number of thiophene rings is 1. The Hall–Kier alpha value is -0.860. The van der Waals surface area contributed by atoms with E-state index in [0.29, 0.717) is 4.88 Å². The van der Waals surface area contributed by atoms with Crippen LogP contribution in [0.2, 0.25) is 0 Å². The normalized spacial score (nSPS) is 18.6. The second-order valence-electron chi connectivity index (χ2n) is 5.48. The van der Waals surface area contributed by atoms with Gasteiger partial charge in [-0.1, -0.05) is 32.1 Å². The third kappa shape index (κ3) is 3.62. The van der Waals surface area contributed by atoms with E-state index >= 15 is 0 Å². The van der Waals surface area contributed by atoms with Crippen molar-refractivity contribution in [2.45, 2.75) is 57.4 Å². The summed E-state index contributed by atoms with van der Waals surface area (Å²) in [6, 6.07) is 4.24. The standard InChI is InChI=1S/C15H19BrN2OS/c1-11-9-12(20-13(11)16)14(19)18-15(10-17)7-5-3-2-4-6-8-15/h9H,2-8H2,1H3,(H,18,19). The first kappa shape index (κ1) is 15.5. The van der Waals surface area contributed by atoms with Crippen molar-refractivity contribution >= 4 is 33.2 Å². The first-order chi connectivity index (χ1) is 9.56. The van der Waals surface area contributed by atoms with Crippen LogP contribution in [0.25, 0.3) is 0 Å². The lowest BCUT2D eigenvalue weighted by Gasteiger charge is -2.29. The molecule has 5 heteroatoms. The highest BCUT2D eigenvalue weighted by Gasteiger charge is 2.32. The molecule has 1 N–H and O–H groups in total. The molecule has 0 radical (unpaired) electrons. The van der Waals surface area contributed by atoms with Gasteiger partial charge in [-0.2, -0.15) is 5.26 Å². The van der Waals surface area contributed by atoms with Crippen LogP contribution in [0.5, 0.6) is 0 Å². The monoisotopic (exact) mass is 354 g/mol. The molecule has 1 amide bonds. The minimum Gasteiger partial charge on any atom is -0.333 e. The van der Waals surface area contributed by atoms with Gasteiger partial charge in [0, 0.05) is 0 Å². The summed E-state index contributed by atoms with van der Waals surface area (Å²) in [5.41, 5.74) is 0.380. The van der Waals surface area contributed by atoms with Crippen LogP contribution in [-0.2, 0) is 0 Å². The van der Waals surface area contributed by atoms with Crippen molar-refractivity contribution in [3.05, 3.63) is 20.3 Å². The lowest BCUT2D eigenvalue weighted by molar-refractivity contribution is 0.0912. The van der Waals surface area contributed by atoms with Crippen molar-refractivity contribution in [1.82, 2.24) is 5.32 Å². The molecule has 108 valence electrons. The summed E-state index contributed by atoms with van der Waals surface area (Å²) < 4.78 is 0.978. The minimum atomic E-state index is -0.679. The molecule has 1 saturated carbocycles. The number of rotatable bonds is 2. The summed E-state index contributed by atoms with van der Waals surface area (Å²) in [7, 11) is 0. The summed E-state index contributed by atoms with van der Waals surface area (Å²) in [6.07, 6.45) is 7.11. The number of aryl methyl sites for hydroxylation is 1. The second-order valence-corrected chi connectivity index (χ2v) is 7.85. The van der Waals surface area contributed by atoms with Crippen LogP contribution in [0.3, 0.4) is 0 Å². The number of hydrogen-bond acceptors (Lipinski definition) is 3. The summed E-state index contributed by atoms with van der Waals surface area (Å²) in [4.78, 5) is 13.0. The Morgan fingerprint density at radius 3 is 2.45 bits per heavy atom. The molecule has 2 rings (SSSR count). The molecule has 0 atom stereocenters. The first-order valence-electron chi connectivity index (χ1n) is 7.06. The average molecular weight is 355 g/mol. The van der Waals surface area contributed by atoms with Gasteiger partial charge in [0.15, 0.2) is 0 Å². The molecule has 1 aromatic heterocycles. The Bertz CT molecular complexity index is 505. The summed E-state index contributed by atoms with van der Waals surface area (Å²) in [5.74, 6) is -0.120. The van der Waals surface area contributed by atoms with E-state index < -0.39 is 5.54 Å². The number of carbonyl (C=O) groups excluding carboxylic acids is 1. The molecule has 3 nitrogen and oxygen atoms in total. The van der Waals surface area contributed by atoms with E-state index in [9.17, 15) is 10.1 Å². The van der Waals surface area contributed by atoms with Gasteiger partial charge in [0.25, 0.3) is 5.91 Å². The molecule has 1 aliphatic carbocycles. The van der Waals surface area contributed by atoms with Crippen molar-refractivity contribution in [2.24, 2.45) is 0 Å². The number of amides is 1. The van der Waals surface area contributed by atoms with Crippen LogP contribution in [0.1, 0.15) is 60.2 Å². The molecule has 1 heterocycles. The van der Waals surface area contributed by atoms with Crippen molar-refractivity contribution in [2.75, 3.05) is 0 Å². The fourth-order valence-electron chi connectivity index (χ4n) is 2.62. The fourth-order valence-corrected chi connectivity index (χ4v) is 4.05. The number of carbonyl (C=O) groups is 1. The Morgan fingerprint density at radius 1 is 1.35 bits per heavy atom. The molecule has 1 fully saturated rings. The van der Waals surface area contributed by atoms with Gasteiger partial charge in [0.05, 0.1) is 14.7 Å². The molecule has 1 aromatic rings. The fraction of sp³-hybridized carbons (Fsp3) is 0.600. The van der Waals surface area contributed by atoms with Crippen LogP contribution < -0.4 is 5.32 Å². The Balaban J connectivity index is 2.12. The quantitative estimate of drug-likeness (QED) is 0.846. The van der Waals surface area contributed by atoms with Crippen molar-refractivity contribution in [3.8, 4) is 6.07 Å².